The van der Waals surface area contributed by atoms with E-state index in [9.17, 15) is 4.79 Å². The Hall–Kier alpha value is -1.55. The van der Waals surface area contributed by atoms with E-state index in [0.29, 0.717) is 0 Å². The van der Waals surface area contributed by atoms with Gasteiger partial charge in [0.25, 0.3) is 0 Å². The maximum absolute atomic E-state index is 12.3. The third-order valence-electron chi connectivity index (χ3n) is 5.05. The highest BCUT2D eigenvalue weighted by molar-refractivity contribution is 5.92. The average molecular weight is 316 g/mol. The summed E-state index contributed by atoms with van der Waals surface area (Å²) in [6.07, 6.45) is 8.09. The van der Waals surface area contributed by atoms with Gasteiger partial charge in [-0.3, -0.25) is 4.79 Å². The van der Waals surface area contributed by atoms with Gasteiger partial charge in [-0.2, -0.15) is 0 Å². The van der Waals surface area contributed by atoms with Crippen LogP contribution >= 0.6 is 0 Å². The number of anilines is 1. The number of carbonyl (C=O) groups excluding carboxylic acids is 1. The molecule has 1 aromatic rings. The van der Waals surface area contributed by atoms with Crippen molar-refractivity contribution in [3.8, 4) is 5.75 Å². The van der Waals surface area contributed by atoms with Gasteiger partial charge in [0.15, 0.2) is 0 Å². The first-order valence-corrected chi connectivity index (χ1v) is 8.97. The molecule has 0 aromatic heterocycles. The highest BCUT2D eigenvalue weighted by Crippen LogP contribution is 2.26. The summed E-state index contributed by atoms with van der Waals surface area (Å²) in [5.41, 5.74) is 0.853. The molecule has 1 aliphatic carbocycles. The van der Waals surface area contributed by atoms with Gasteiger partial charge in [-0.15, -0.1) is 0 Å². The van der Waals surface area contributed by atoms with Gasteiger partial charge in [0.05, 0.1) is 0 Å². The lowest BCUT2D eigenvalue weighted by atomic mass is 9.88. The van der Waals surface area contributed by atoms with Crippen LogP contribution in [-0.4, -0.2) is 37.0 Å². The fourth-order valence-corrected chi connectivity index (χ4v) is 3.55. The van der Waals surface area contributed by atoms with Crippen LogP contribution in [0.1, 0.15) is 44.9 Å². The molecule has 2 aliphatic rings. The molecule has 126 valence electrons. The van der Waals surface area contributed by atoms with Gasteiger partial charge in [0.1, 0.15) is 11.9 Å². The first-order chi connectivity index (χ1) is 11.2. The lowest BCUT2D eigenvalue weighted by Crippen LogP contribution is -2.35. The van der Waals surface area contributed by atoms with E-state index >= 15 is 0 Å². The topological polar surface area (TPSA) is 41.6 Å². The Morgan fingerprint density at radius 1 is 1.13 bits per heavy atom. The van der Waals surface area contributed by atoms with Crippen molar-refractivity contribution in [1.82, 2.24) is 4.90 Å². The molecule has 3 rings (SSSR count). The number of piperidine rings is 1. The Bertz CT molecular complexity index is 518. The van der Waals surface area contributed by atoms with Gasteiger partial charge in [0, 0.05) is 30.8 Å². The van der Waals surface area contributed by atoms with Crippen molar-refractivity contribution in [3.63, 3.8) is 0 Å². The number of nitrogens with one attached hydrogen (secondary N) is 1. The lowest BCUT2D eigenvalue weighted by Gasteiger charge is -2.29. The van der Waals surface area contributed by atoms with Crippen LogP contribution in [0.15, 0.2) is 24.3 Å². The third-order valence-corrected chi connectivity index (χ3v) is 5.05. The quantitative estimate of drug-likeness (QED) is 0.921. The van der Waals surface area contributed by atoms with Crippen LogP contribution in [0.2, 0.25) is 0 Å². The van der Waals surface area contributed by atoms with Crippen molar-refractivity contribution in [3.05, 3.63) is 24.3 Å². The van der Waals surface area contributed by atoms with Crippen molar-refractivity contribution in [2.24, 2.45) is 5.92 Å². The summed E-state index contributed by atoms with van der Waals surface area (Å²) < 4.78 is 6.09. The van der Waals surface area contributed by atoms with Crippen molar-refractivity contribution in [2.45, 2.75) is 51.0 Å². The second-order valence-electron chi connectivity index (χ2n) is 6.97. The molecule has 4 nitrogen and oxygen atoms in total. The molecule has 1 amide bonds. The van der Waals surface area contributed by atoms with Gasteiger partial charge >= 0.3 is 0 Å². The van der Waals surface area contributed by atoms with Gasteiger partial charge in [0.2, 0.25) is 5.91 Å². The molecule has 1 saturated heterocycles. The highest BCUT2D eigenvalue weighted by atomic mass is 16.5. The molecule has 0 radical (unpaired) electrons. The molecule has 0 bridgehead atoms. The summed E-state index contributed by atoms with van der Waals surface area (Å²) in [6.45, 7) is 2.17. The molecule has 0 spiro atoms. The molecule has 1 N–H and O–H groups in total. The number of ether oxygens (including phenoxy) is 1. The van der Waals surface area contributed by atoms with Crippen molar-refractivity contribution in [2.75, 3.05) is 25.5 Å². The van der Waals surface area contributed by atoms with E-state index in [1.807, 2.05) is 24.3 Å². The van der Waals surface area contributed by atoms with Gasteiger partial charge in [-0.25, -0.2) is 0 Å². The van der Waals surface area contributed by atoms with Gasteiger partial charge in [-0.05, 0) is 44.9 Å². The number of carbonyl (C=O) groups is 1. The fourth-order valence-electron chi connectivity index (χ4n) is 3.55. The lowest BCUT2D eigenvalue weighted by molar-refractivity contribution is -0.120. The van der Waals surface area contributed by atoms with E-state index in [2.05, 4.69) is 17.3 Å². The second kappa shape index (κ2) is 7.82. The number of rotatable bonds is 4. The molecule has 2 fully saturated rings. The smallest absolute Gasteiger partial charge is 0.227 e. The van der Waals surface area contributed by atoms with E-state index < -0.39 is 0 Å². The Kier molecular flexibility index (Phi) is 5.55. The summed E-state index contributed by atoms with van der Waals surface area (Å²) in [4.78, 5) is 14.7. The Balaban J connectivity index is 1.55. The molecule has 4 heteroatoms. The molecular formula is C19H28N2O2. The maximum atomic E-state index is 12.3. The van der Waals surface area contributed by atoms with Crippen LogP contribution in [-0.2, 0) is 4.79 Å². The predicted octanol–water partition coefficient (Wildman–Crippen LogP) is 3.68. The SMILES string of the molecule is CN1CCC(Oc2cccc(NC(=O)C3CCCCC3)c2)CC1. The number of benzene rings is 1. The number of likely N-dealkylation sites (tertiary alicyclic amines) is 1. The third kappa shape index (κ3) is 4.71. The summed E-state index contributed by atoms with van der Waals surface area (Å²) >= 11 is 0. The molecule has 1 aromatic carbocycles. The fraction of sp³-hybridized carbons (Fsp3) is 0.632. The zero-order valence-corrected chi connectivity index (χ0v) is 14.1. The first kappa shape index (κ1) is 16.3. The van der Waals surface area contributed by atoms with Crippen LogP contribution in [0.3, 0.4) is 0 Å². The minimum atomic E-state index is 0.168. The summed E-state index contributed by atoms with van der Waals surface area (Å²) in [6, 6.07) is 7.84. The van der Waals surface area contributed by atoms with Crippen LogP contribution in [0.25, 0.3) is 0 Å². The monoisotopic (exact) mass is 316 g/mol. The standard InChI is InChI=1S/C19H28N2O2/c1-21-12-10-17(11-13-21)23-18-9-5-8-16(14-18)20-19(22)15-6-3-2-4-7-15/h5,8-9,14-15,17H,2-4,6-7,10-13H2,1H3,(H,20,22). The Morgan fingerprint density at radius 2 is 1.87 bits per heavy atom. The number of nitrogens with zero attached hydrogens (tertiary/aromatic N) is 1. The Morgan fingerprint density at radius 3 is 2.61 bits per heavy atom. The molecule has 0 atom stereocenters. The molecule has 0 unspecified atom stereocenters. The number of hydrogen-bond acceptors (Lipinski definition) is 3. The minimum Gasteiger partial charge on any atom is -0.490 e. The zero-order valence-electron chi connectivity index (χ0n) is 14.1. The largest absolute Gasteiger partial charge is 0.490 e. The van der Waals surface area contributed by atoms with E-state index in [4.69, 9.17) is 4.74 Å². The van der Waals surface area contributed by atoms with E-state index in [1.165, 1.54) is 19.3 Å². The van der Waals surface area contributed by atoms with E-state index in [1.54, 1.807) is 0 Å². The molecule has 1 heterocycles. The van der Waals surface area contributed by atoms with Crippen LogP contribution < -0.4 is 10.1 Å². The molecule has 1 aliphatic heterocycles. The first-order valence-electron chi connectivity index (χ1n) is 8.97. The zero-order chi connectivity index (χ0) is 16.1. The minimum absolute atomic E-state index is 0.168. The molecule has 1 saturated carbocycles. The molecule has 23 heavy (non-hydrogen) atoms. The van der Waals surface area contributed by atoms with Gasteiger partial charge in [-0.1, -0.05) is 25.3 Å². The summed E-state index contributed by atoms with van der Waals surface area (Å²) in [5.74, 6) is 1.21. The van der Waals surface area contributed by atoms with Crippen LogP contribution in [0.5, 0.6) is 5.75 Å². The van der Waals surface area contributed by atoms with Crippen LogP contribution in [0.4, 0.5) is 5.69 Å². The molecular weight excluding hydrogens is 288 g/mol. The average Bonchev–Trinajstić information content (AvgIpc) is 2.58. The summed E-state index contributed by atoms with van der Waals surface area (Å²) in [7, 11) is 2.15. The van der Waals surface area contributed by atoms with Crippen LogP contribution in [0, 0.1) is 5.92 Å². The normalized spacial score (nSPS) is 21.1. The number of hydrogen-bond donors (Lipinski definition) is 1. The number of amides is 1. The maximum Gasteiger partial charge on any atom is 0.227 e. The van der Waals surface area contributed by atoms with E-state index in [0.717, 1.165) is 50.2 Å². The van der Waals surface area contributed by atoms with Gasteiger partial charge < -0.3 is 15.0 Å². The van der Waals surface area contributed by atoms with Crippen molar-refractivity contribution in [1.29, 1.82) is 0 Å². The highest BCUT2D eigenvalue weighted by Gasteiger charge is 2.21. The predicted molar refractivity (Wildman–Crippen MR) is 92.8 cm³/mol. The van der Waals surface area contributed by atoms with Crippen molar-refractivity contribution >= 4 is 11.6 Å². The summed E-state index contributed by atoms with van der Waals surface area (Å²) in [5, 5.41) is 3.07. The van der Waals surface area contributed by atoms with Crippen molar-refractivity contribution < 1.29 is 9.53 Å². The second-order valence-corrected chi connectivity index (χ2v) is 6.97. The van der Waals surface area contributed by atoms with E-state index in [-0.39, 0.29) is 17.9 Å². The Labute approximate surface area is 139 Å².